The fourth-order valence-corrected chi connectivity index (χ4v) is 2.66. The number of thioether (sulfide) groups is 1. The molecule has 0 saturated carbocycles. The van der Waals surface area contributed by atoms with Gasteiger partial charge >= 0.3 is 5.97 Å². The first-order valence-electron chi connectivity index (χ1n) is 8.42. The highest BCUT2D eigenvalue weighted by atomic mass is 32.2. The van der Waals surface area contributed by atoms with Gasteiger partial charge in [-0.3, -0.25) is 9.59 Å². The number of likely N-dealkylation sites (N-methyl/N-ethyl adjacent to an activating group) is 1. The van der Waals surface area contributed by atoms with E-state index in [4.69, 9.17) is 9.47 Å². The molecular weight excluding hydrogens is 380 g/mol. The number of esters is 1. The van der Waals surface area contributed by atoms with Crippen molar-refractivity contribution in [2.75, 3.05) is 38.9 Å². The summed E-state index contributed by atoms with van der Waals surface area (Å²) in [7, 11) is 3.00. The van der Waals surface area contributed by atoms with Crippen molar-refractivity contribution in [1.29, 1.82) is 0 Å². The molecule has 8 heteroatoms. The Morgan fingerprint density at radius 3 is 2.46 bits per heavy atom. The molecule has 2 aromatic rings. The number of methoxy groups -OCH3 is 1. The summed E-state index contributed by atoms with van der Waals surface area (Å²) in [5.74, 6) is -0.826. The molecule has 0 radical (unpaired) electrons. The Labute approximate surface area is 168 Å². The van der Waals surface area contributed by atoms with Crippen LogP contribution in [0.1, 0.15) is 10.4 Å². The molecule has 2 rings (SSSR count). The lowest BCUT2D eigenvalue weighted by atomic mass is 10.2. The first-order chi connectivity index (χ1) is 13.4. The van der Waals surface area contributed by atoms with Gasteiger partial charge in [0.15, 0.2) is 6.61 Å². The van der Waals surface area contributed by atoms with E-state index in [1.165, 1.54) is 19.1 Å². The van der Waals surface area contributed by atoms with Crippen molar-refractivity contribution in [3.8, 4) is 5.75 Å². The molecule has 0 aliphatic carbocycles. The van der Waals surface area contributed by atoms with Gasteiger partial charge in [-0.2, -0.15) is 0 Å². The Morgan fingerprint density at radius 1 is 1.11 bits per heavy atom. The molecular formula is C20H22N2O5S. The van der Waals surface area contributed by atoms with Crippen LogP contribution in [0.3, 0.4) is 0 Å². The first-order valence-corrected chi connectivity index (χ1v) is 9.64. The third-order valence-electron chi connectivity index (χ3n) is 3.81. The van der Waals surface area contributed by atoms with E-state index in [1.54, 1.807) is 60.3 Å². The van der Waals surface area contributed by atoms with Crippen molar-refractivity contribution in [2.45, 2.75) is 4.90 Å². The summed E-state index contributed by atoms with van der Waals surface area (Å²) in [6.45, 7) is -0.609. The largest absolute Gasteiger partial charge is 0.497 e. The fraction of sp³-hybridized carbons (Fsp3) is 0.250. The van der Waals surface area contributed by atoms with Crippen LogP contribution in [-0.4, -0.2) is 56.2 Å². The van der Waals surface area contributed by atoms with E-state index in [0.717, 1.165) is 4.90 Å². The number of amides is 2. The fourth-order valence-electron chi connectivity index (χ4n) is 2.25. The maximum atomic E-state index is 12.1. The third kappa shape index (κ3) is 6.31. The van der Waals surface area contributed by atoms with E-state index < -0.39 is 18.5 Å². The second-order valence-corrected chi connectivity index (χ2v) is 6.71. The standard InChI is InChI=1S/C20H22N2O5S/c1-22(12-18(23)21-15-5-4-6-16(11-15)26-2)19(24)13-27-20(25)14-7-9-17(28-3)10-8-14/h4-11H,12-13H2,1-3H3,(H,21,23). The normalized spacial score (nSPS) is 10.1. The molecule has 0 bridgehead atoms. The quantitative estimate of drug-likeness (QED) is 0.540. The SMILES string of the molecule is COc1cccc(NC(=O)CN(C)C(=O)COC(=O)c2ccc(SC)cc2)c1. The summed E-state index contributed by atoms with van der Waals surface area (Å²) in [4.78, 5) is 38.4. The van der Waals surface area contributed by atoms with Crippen molar-refractivity contribution in [2.24, 2.45) is 0 Å². The Morgan fingerprint density at radius 2 is 1.82 bits per heavy atom. The van der Waals surface area contributed by atoms with Gasteiger partial charge in [-0.25, -0.2) is 4.79 Å². The zero-order chi connectivity index (χ0) is 20.5. The van der Waals surface area contributed by atoms with Gasteiger partial charge in [0.2, 0.25) is 5.91 Å². The molecule has 2 amide bonds. The lowest BCUT2D eigenvalue weighted by Gasteiger charge is -2.17. The van der Waals surface area contributed by atoms with Crippen LogP contribution in [0.2, 0.25) is 0 Å². The van der Waals surface area contributed by atoms with Crippen molar-refractivity contribution in [3.05, 3.63) is 54.1 Å². The van der Waals surface area contributed by atoms with E-state index in [9.17, 15) is 14.4 Å². The monoisotopic (exact) mass is 402 g/mol. The number of hydrogen-bond acceptors (Lipinski definition) is 6. The average molecular weight is 402 g/mol. The van der Waals surface area contributed by atoms with Crippen LogP contribution < -0.4 is 10.1 Å². The highest BCUT2D eigenvalue weighted by Crippen LogP contribution is 2.17. The highest BCUT2D eigenvalue weighted by molar-refractivity contribution is 7.98. The molecule has 0 aliphatic heterocycles. The molecule has 0 spiro atoms. The second kappa shape index (κ2) is 10.4. The van der Waals surface area contributed by atoms with Crippen molar-refractivity contribution in [3.63, 3.8) is 0 Å². The number of ether oxygens (including phenoxy) is 2. The number of anilines is 1. The Balaban J connectivity index is 1.81. The van der Waals surface area contributed by atoms with Gasteiger partial charge in [-0.1, -0.05) is 6.07 Å². The van der Waals surface area contributed by atoms with E-state index in [-0.39, 0.29) is 12.5 Å². The van der Waals surface area contributed by atoms with E-state index >= 15 is 0 Å². The van der Waals surface area contributed by atoms with Crippen LogP contribution >= 0.6 is 11.8 Å². The van der Waals surface area contributed by atoms with Crippen molar-refractivity contribution in [1.82, 2.24) is 4.90 Å². The summed E-state index contributed by atoms with van der Waals surface area (Å²) in [6, 6.07) is 13.8. The second-order valence-electron chi connectivity index (χ2n) is 5.83. The predicted octanol–water partition coefficient (Wildman–Crippen LogP) is 2.67. The number of carbonyl (C=O) groups excluding carboxylic acids is 3. The highest BCUT2D eigenvalue weighted by Gasteiger charge is 2.16. The minimum atomic E-state index is -0.588. The number of nitrogens with one attached hydrogen (secondary N) is 1. The van der Waals surface area contributed by atoms with Crippen LogP contribution in [0.25, 0.3) is 0 Å². The van der Waals surface area contributed by atoms with Gasteiger partial charge in [-0.15, -0.1) is 11.8 Å². The molecule has 0 unspecified atom stereocenters. The van der Waals surface area contributed by atoms with Gasteiger partial charge in [0.1, 0.15) is 5.75 Å². The van der Waals surface area contributed by atoms with Gasteiger partial charge in [0, 0.05) is 23.7 Å². The Bertz CT molecular complexity index is 839. The number of benzene rings is 2. The number of hydrogen-bond donors (Lipinski definition) is 1. The Hall–Kier alpha value is -3.00. The van der Waals surface area contributed by atoms with Gasteiger partial charge in [0.25, 0.3) is 5.91 Å². The molecule has 0 heterocycles. The molecule has 0 fully saturated rings. The molecule has 28 heavy (non-hydrogen) atoms. The molecule has 1 N–H and O–H groups in total. The zero-order valence-electron chi connectivity index (χ0n) is 15.9. The Kier molecular flexibility index (Phi) is 7.88. The van der Waals surface area contributed by atoms with Crippen molar-refractivity contribution < 1.29 is 23.9 Å². The van der Waals surface area contributed by atoms with E-state index in [1.807, 2.05) is 6.26 Å². The molecule has 0 aliphatic rings. The third-order valence-corrected chi connectivity index (χ3v) is 4.56. The van der Waals surface area contributed by atoms with Crippen molar-refractivity contribution >= 4 is 35.2 Å². The van der Waals surface area contributed by atoms with Gasteiger partial charge < -0.3 is 19.7 Å². The maximum absolute atomic E-state index is 12.1. The van der Waals surface area contributed by atoms with Crippen LogP contribution in [0.5, 0.6) is 5.75 Å². The number of rotatable bonds is 8. The van der Waals surface area contributed by atoms with Crippen LogP contribution in [-0.2, 0) is 14.3 Å². The summed E-state index contributed by atoms with van der Waals surface area (Å²) in [5, 5.41) is 2.68. The van der Waals surface area contributed by atoms with Crippen LogP contribution in [0.4, 0.5) is 5.69 Å². The minimum Gasteiger partial charge on any atom is -0.497 e. The zero-order valence-corrected chi connectivity index (χ0v) is 16.7. The van der Waals surface area contributed by atoms with Crippen LogP contribution in [0.15, 0.2) is 53.4 Å². The van der Waals surface area contributed by atoms with E-state index in [2.05, 4.69) is 5.32 Å². The molecule has 2 aromatic carbocycles. The lowest BCUT2D eigenvalue weighted by Crippen LogP contribution is -2.37. The number of carbonyl (C=O) groups is 3. The number of nitrogens with zero attached hydrogens (tertiary/aromatic N) is 1. The van der Waals surface area contributed by atoms with Gasteiger partial charge in [-0.05, 0) is 42.7 Å². The molecule has 0 atom stereocenters. The maximum Gasteiger partial charge on any atom is 0.338 e. The first kappa shape index (κ1) is 21.3. The van der Waals surface area contributed by atoms with Gasteiger partial charge in [0.05, 0.1) is 19.2 Å². The summed E-state index contributed by atoms with van der Waals surface area (Å²) >= 11 is 1.56. The summed E-state index contributed by atoms with van der Waals surface area (Å²) < 4.78 is 10.1. The van der Waals surface area contributed by atoms with E-state index in [0.29, 0.717) is 17.0 Å². The average Bonchev–Trinajstić information content (AvgIpc) is 2.71. The molecule has 7 nitrogen and oxygen atoms in total. The summed E-state index contributed by atoms with van der Waals surface area (Å²) in [5.41, 5.74) is 0.925. The summed E-state index contributed by atoms with van der Waals surface area (Å²) in [6.07, 6.45) is 1.94. The minimum absolute atomic E-state index is 0.171. The topological polar surface area (TPSA) is 84.9 Å². The predicted molar refractivity (Wildman–Crippen MR) is 108 cm³/mol. The molecule has 0 saturated heterocycles. The lowest BCUT2D eigenvalue weighted by molar-refractivity contribution is -0.136. The van der Waals surface area contributed by atoms with Crippen LogP contribution in [0, 0.1) is 0 Å². The smallest absolute Gasteiger partial charge is 0.338 e. The molecule has 0 aromatic heterocycles. The molecule has 148 valence electrons.